The molecule has 32 heavy (non-hydrogen) atoms. The maximum atomic E-state index is 8.66. The van der Waals surface area contributed by atoms with Gasteiger partial charge < -0.3 is 4.57 Å². The third kappa shape index (κ3) is 2.18. The Morgan fingerprint density at radius 1 is 0.688 bits per heavy atom. The highest BCUT2D eigenvalue weighted by Crippen LogP contribution is 2.51. The normalized spacial score (nSPS) is 16.4. The maximum Gasteiger partial charge on any atom is 0.0645 e. The van der Waals surface area contributed by atoms with E-state index >= 15 is 0 Å². The van der Waals surface area contributed by atoms with E-state index in [1.165, 1.54) is 27.6 Å². The van der Waals surface area contributed by atoms with E-state index < -0.39 is 0 Å². The lowest BCUT2D eigenvalue weighted by molar-refractivity contribution is 0.666. The van der Waals surface area contributed by atoms with Gasteiger partial charge in [-0.15, -0.1) is 0 Å². The first kappa shape index (κ1) is 13.5. The van der Waals surface area contributed by atoms with Crippen molar-refractivity contribution < 1.29 is 6.85 Å². The van der Waals surface area contributed by atoms with E-state index in [1.807, 2.05) is 28.8 Å². The third-order valence-corrected chi connectivity index (χ3v) is 7.04. The topological polar surface area (TPSA) is 4.93 Å². The Bertz CT molecular complexity index is 1940. The number of rotatable bonds is 1. The summed E-state index contributed by atoms with van der Waals surface area (Å²) in [4.78, 5) is 0. The quantitative estimate of drug-likeness (QED) is 0.255. The van der Waals surface area contributed by atoms with Gasteiger partial charge in [0.2, 0.25) is 0 Å². The average Bonchev–Trinajstić information content (AvgIpc) is 3.34. The molecule has 0 atom stereocenters. The zero-order valence-electron chi connectivity index (χ0n) is 22.9. The molecular weight excluding hydrogens is 386 g/mol. The first-order chi connectivity index (χ1) is 17.7. The summed E-state index contributed by atoms with van der Waals surface area (Å²) in [5.74, 6) is 0. The lowest BCUT2D eigenvalue weighted by atomic mass is 9.80. The molecule has 0 unspecified atom stereocenters. The van der Waals surface area contributed by atoms with E-state index in [9.17, 15) is 0 Å². The monoisotopic (exact) mass is 414 g/mol. The Morgan fingerprint density at radius 3 is 2.34 bits per heavy atom. The van der Waals surface area contributed by atoms with Crippen molar-refractivity contribution in [3.63, 3.8) is 0 Å². The second-order valence-electron chi connectivity index (χ2n) is 9.08. The molecule has 0 bridgehead atoms. The summed E-state index contributed by atoms with van der Waals surface area (Å²) in [5.41, 5.74) is 6.78. The van der Waals surface area contributed by atoms with Gasteiger partial charge in [0.25, 0.3) is 0 Å². The summed E-state index contributed by atoms with van der Waals surface area (Å²) in [5, 5.41) is 4.21. The largest absolute Gasteiger partial charge is 0.309 e. The van der Waals surface area contributed by atoms with Crippen LogP contribution in [0.3, 0.4) is 0 Å². The minimum absolute atomic E-state index is 0.162. The Balaban J connectivity index is 1.65. The van der Waals surface area contributed by atoms with Gasteiger partial charge in [-0.25, -0.2) is 0 Å². The van der Waals surface area contributed by atoms with Gasteiger partial charge in [0.05, 0.1) is 17.9 Å². The summed E-state index contributed by atoms with van der Waals surface area (Å²) in [6, 6.07) is 23.7. The maximum absolute atomic E-state index is 8.66. The van der Waals surface area contributed by atoms with Crippen LogP contribution in [0.25, 0.3) is 49.4 Å². The fraction of sp³-hybridized carbons (Fsp3) is 0.0968. The smallest absolute Gasteiger partial charge is 0.0645 e. The lowest BCUT2D eigenvalue weighted by Gasteiger charge is -2.23. The molecule has 1 heteroatoms. The summed E-state index contributed by atoms with van der Waals surface area (Å²) in [6.07, 6.45) is 0. The van der Waals surface area contributed by atoms with Crippen LogP contribution in [0, 0.1) is 0 Å². The molecule has 0 fully saturated rings. The van der Waals surface area contributed by atoms with E-state index in [2.05, 4.69) is 62.4 Å². The van der Waals surface area contributed by atoms with Crippen LogP contribution in [-0.2, 0) is 5.41 Å². The summed E-state index contributed by atoms with van der Waals surface area (Å²) in [6.45, 7) is 4.55. The van der Waals surface area contributed by atoms with E-state index in [1.54, 1.807) is 0 Å². The van der Waals surface area contributed by atoms with Crippen molar-refractivity contribution in [1.82, 2.24) is 4.57 Å². The minimum atomic E-state index is -0.387. The molecule has 0 radical (unpaired) electrons. The minimum Gasteiger partial charge on any atom is -0.309 e. The van der Waals surface area contributed by atoms with Crippen molar-refractivity contribution in [3.05, 3.63) is 114 Å². The van der Waals surface area contributed by atoms with Crippen molar-refractivity contribution in [2.45, 2.75) is 19.3 Å². The second kappa shape index (κ2) is 6.11. The van der Waals surface area contributed by atoms with E-state index in [0.29, 0.717) is 0 Å². The van der Waals surface area contributed by atoms with Crippen LogP contribution in [0.4, 0.5) is 0 Å². The number of hydrogen-bond acceptors (Lipinski definition) is 0. The standard InChI is InChI=1S/C31H23N/c1-31(2)27-14-8-6-12-22(27)24-17-16-20-18-29-26(19-25(20)30(24)31)23-13-7-9-15-28(23)32(29)21-10-4-3-5-11-21/h3-19H,1-2H3/i3D,4D,5D,10D,11D. The molecule has 1 nitrogen and oxygen atoms in total. The molecular formula is C31H23N. The van der Waals surface area contributed by atoms with Crippen LogP contribution in [0.15, 0.2) is 103 Å². The molecule has 152 valence electrons. The van der Waals surface area contributed by atoms with Gasteiger partial charge in [-0.05, 0) is 63.3 Å². The summed E-state index contributed by atoms with van der Waals surface area (Å²) < 4.78 is 43.7. The highest BCUT2D eigenvalue weighted by molar-refractivity contribution is 6.15. The fourth-order valence-electron chi connectivity index (χ4n) is 5.68. The molecule has 0 saturated carbocycles. The van der Waals surface area contributed by atoms with Crippen molar-refractivity contribution in [1.29, 1.82) is 0 Å². The van der Waals surface area contributed by atoms with Gasteiger partial charge in [-0.2, -0.15) is 0 Å². The van der Waals surface area contributed by atoms with Crippen molar-refractivity contribution >= 4 is 32.6 Å². The van der Waals surface area contributed by atoms with Crippen LogP contribution in [-0.4, -0.2) is 4.57 Å². The molecule has 5 aromatic carbocycles. The lowest BCUT2D eigenvalue weighted by Crippen LogP contribution is -2.15. The van der Waals surface area contributed by atoms with E-state index in [4.69, 9.17) is 6.85 Å². The van der Waals surface area contributed by atoms with Crippen molar-refractivity contribution in [3.8, 4) is 16.8 Å². The van der Waals surface area contributed by atoms with Crippen LogP contribution in [0.5, 0.6) is 0 Å². The molecule has 1 aliphatic rings. The van der Waals surface area contributed by atoms with Gasteiger partial charge >= 0.3 is 0 Å². The first-order valence-corrected chi connectivity index (χ1v) is 10.9. The number of fused-ring (bicyclic) bond motifs is 8. The van der Waals surface area contributed by atoms with Crippen LogP contribution < -0.4 is 0 Å². The second-order valence-corrected chi connectivity index (χ2v) is 9.08. The third-order valence-electron chi connectivity index (χ3n) is 7.04. The molecule has 0 amide bonds. The van der Waals surface area contributed by atoms with Crippen molar-refractivity contribution in [2.75, 3.05) is 0 Å². The van der Waals surface area contributed by atoms with Crippen molar-refractivity contribution in [2.24, 2.45) is 0 Å². The molecule has 1 heterocycles. The molecule has 0 saturated heterocycles. The molecule has 1 aromatic heterocycles. The zero-order chi connectivity index (χ0) is 25.8. The Kier molecular flexibility index (Phi) is 2.59. The molecule has 0 spiro atoms. The highest BCUT2D eigenvalue weighted by atomic mass is 15.0. The Hall–Kier alpha value is -3.84. The fourth-order valence-corrected chi connectivity index (χ4v) is 5.68. The SMILES string of the molecule is [2H]c1c([2H])c([2H])c(-n2c3ccccc3c3cc4c5c(ccc4cc32)-c2ccccc2C5(C)C)c([2H])c1[2H]. The van der Waals surface area contributed by atoms with E-state index in [0.717, 1.165) is 27.2 Å². The number of nitrogens with zero attached hydrogens (tertiary/aromatic N) is 1. The van der Waals surface area contributed by atoms with Gasteiger partial charge in [0.1, 0.15) is 0 Å². The molecule has 7 rings (SSSR count). The van der Waals surface area contributed by atoms with Crippen LogP contribution in [0.1, 0.15) is 31.8 Å². The Morgan fingerprint density at radius 2 is 1.47 bits per heavy atom. The average molecular weight is 415 g/mol. The Labute approximate surface area is 194 Å². The highest BCUT2D eigenvalue weighted by Gasteiger charge is 2.36. The first-order valence-electron chi connectivity index (χ1n) is 13.4. The number of benzene rings is 5. The van der Waals surface area contributed by atoms with Crippen LogP contribution in [0.2, 0.25) is 0 Å². The zero-order valence-corrected chi connectivity index (χ0v) is 17.9. The van der Waals surface area contributed by atoms with Crippen LogP contribution >= 0.6 is 0 Å². The van der Waals surface area contributed by atoms with Gasteiger partial charge in [0, 0.05) is 21.9 Å². The molecule has 1 aliphatic carbocycles. The predicted octanol–water partition coefficient (Wildman–Crippen LogP) is 8.24. The summed E-state index contributed by atoms with van der Waals surface area (Å²) >= 11 is 0. The number of hydrogen-bond donors (Lipinski definition) is 0. The molecule has 0 aliphatic heterocycles. The number of para-hydroxylation sites is 2. The molecule has 6 aromatic rings. The number of aromatic nitrogens is 1. The van der Waals surface area contributed by atoms with Gasteiger partial charge in [-0.3, -0.25) is 0 Å². The summed E-state index contributed by atoms with van der Waals surface area (Å²) in [7, 11) is 0. The van der Waals surface area contributed by atoms with Gasteiger partial charge in [-0.1, -0.05) is 86.6 Å². The van der Waals surface area contributed by atoms with E-state index in [-0.39, 0.29) is 41.3 Å². The van der Waals surface area contributed by atoms with Gasteiger partial charge in [0.15, 0.2) is 0 Å². The predicted molar refractivity (Wildman–Crippen MR) is 136 cm³/mol. The molecule has 0 N–H and O–H groups in total.